The first kappa shape index (κ1) is 18.4. The fourth-order valence-corrected chi connectivity index (χ4v) is 3.33. The van der Waals surface area contributed by atoms with Crippen LogP contribution in [-0.4, -0.2) is 17.1 Å². The SMILES string of the molecule is CC(C)OC(=O)c1ccc(-c2ccc(NCc3cnc(Cl)s3)cc2)cc1. The highest BCUT2D eigenvalue weighted by atomic mass is 35.5. The molecule has 0 spiro atoms. The van der Waals surface area contributed by atoms with E-state index < -0.39 is 0 Å². The second kappa shape index (κ2) is 8.34. The number of halogens is 1. The Morgan fingerprint density at radius 3 is 2.27 bits per heavy atom. The molecule has 0 bridgehead atoms. The number of benzene rings is 2. The topological polar surface area (TPSA) is 51.2 Å². The third kappa shape index (κ3) is 4.84. The zero-order valence-electron chi connectivity index (χ0n) is 14.5. The van der Waals surface area contributed by atoms with Gasteiger partial charge >= 0.3 is 5.97 Å². The average Bonchev–Trinajstić information content (AvgIpc) is 3.05. The Morgan fingerprint density at radius 1 is 1.12 bits per heavy atom. The molecule has 0 fully saturated rings. The molecule has 0 aliphatic carbocycles. The molecular formula is C20H19ClN2O2S. The molecule has 2 aromatic carbocycles. The maximum Gasteiger partial charge on any atom is 0.338 e. The van der Waals surface area contributed by atoms with E-state index in [-0.39, 0.29) is 12.1 Å². The predicted octanol–water partition coefficient (Wildman–Crippen LogP) is 5.64. The van der Waals surface area contributed by atoms with Gasteiger partial charge in [-0.25, -0.2) is 9.78 Å². The average molecular weight is 387 g/mol. The van der Waals surface area contributed by atoms with Crippen LogP contribution in [0.3, 0.4) is 0 Å². The number of anilines is 1. The molecule has 0 unspecified atom stereocenters. The minimum absolute atomic E-state index is 0.122. The van der Waals surface area contributed by atoms with Gasteiger partial charge in [0.15, 0.2) is 4.47 Å². The number of nitrogens with zero attached hydrogens (tertiary/aromatic N) is 1. The molecule has 1 N–H and O–H groups in total. The van der Waals surface area contributed by atoms with E-state index in [4.69, 9.17) is 16.3 Å². The van der Waals surface area contributed by atoms with E-state index in [0.29, 0.717) is 16.6 Å². The molecule has 0 aliphatic heterocycles. The summed E-state index contributed by atoms with van der Waals surface area (Å²) in [5.41, 5.74) is 3.71. The van der Waals surface area contributed by atoms with Gasteiger partial charge in [-0.05, 0) is 49.2 Å². The van der Waals surface area contributed by atoms with Crippen LogP contribution < -0.4 is 5.32 Å². The quantitative estimate of drug-likeness (QED) is 0.557. The Labute approximate surface area is 161 Å². The van der Waals surface area contributed by atoms with Crippen LogP contribution in [0, 0.1) is 0 Å². The monoisotopic (exact) mass is 386 g/mol. The number of carbonyl (C=O) groups is 1. The Hall–Kier alpha value is -2.37. The third-order valence-electron chi connectivity index (χ3n) is 3.67. The van der Waals surface area contributed by atoms with Gasteiger partial charge in [-0.1, -0.05) is 35.9 Å². The lowest BCUT2D eigenvalue weighted by Gasteiger charge is -2.09. The number of ether oxygens (including phenoxy) is 1. The molecule has 26 heavy (non-hydrogen) atoms. The molecule has 134 valence electrons. The van der Waals surface area contributed by atoms with Crippen molar-refractivity contribution >= 4 is 34.6 Å². The summed E-state index contributed by atoms with van der Waals surface area (Å²) in [6, 6.07) is 15.6. The molecule has 0 radical (unpaired) electrons. The van der Waals surface area contributed by atoms with Crippen molar-refractivity contribution in [2.45, 2.75) is 26.5 Å². The summed E-state index contributed by atoms with van der Waals surface area (Å²) < 4.78 is 5.76. The molecule has 0 saturated carbocycles. The Morgan fingerprint density at radius 2 is 1.73 bits per heavy atom. The van der Waals surface area contributed by atoms with Crippen LogP contribution in [0.25, 0.3) is 11.1 Å². The van der Waals surface area contributed by atoms with E-state index in [1.165, 1.54) is 11.3 Å². The van der Waals surface area contributed by atoms with Crippen LogP contribution in [0.2, 0.25) is 4.47 Å². The van der Waals surface area contributed by atoms with Crippen molar-refractivity contribution in [2.24, 2.45) is 0 Å². The number of rotatable bonds is 6. The normalized spacial score (nSPS) is 10.8. The van der Waals surface area contributed by atoms with Gasteiger partial charge in [0.1, 0.15) is 0 Å². The Bertz CT molecular complexity index is 874. The predicted molar refractivity (Wildman–Crippen MR) is 107 cm³/mol. The van der Waals surface area contributed by atoms with E-state index in [2.05, 4.69) is 10.3 Å². The number of aromatic nitrogens is 1. The maximum absolute atomic E-state index is 11.9. The lowest BCUT2D eigenvalue weighted by atomic mass is 10.0. The van der Waals surface area contributed by atoms with Crippen molar-refractivity contribution < 1.29 is 9.53 Å². The molecule has 0 amide bonds. The van der Waals surface area contributed by atoms with E-state index >= 15 is 0 Å². The van der Waals surface area contributed by atoms with Crippen molar-refractivity contribution in [3.63, 3.8) is 0 Å². The third-order valence-corrected chi connectivity index (χ3v) is 4.79. The number of nitrogens with one attached hydrogen (secondary N) is 1. The lowest BCUT2D eigenvalue weighted by Crippen LogP contribution is -2.11. The van der Waals surface area contributed by atoms with Gasteiger partial charge in [-0.3, -0.25) is 0 Å². The molecular weight excluding hydrogens is 368 g/mol. The summed E-state index contributed by atoms with van der Waals surface area (Å²) in [5.74, 6) is -0.297. The van der Waals surface area contributed by atoms with E-state index in [1.807, 2.05) is 50.2 Å². The summed E-state index contributed by atoms with van der Waals surface area (Å²) in [4.78, 5) is 17.0. The van der Waals surface area contributed by atoms with Crippen LogP contribution >= 0.6 is 22.9 Å². The summed E-state index contributed by atoms with van der Waals surface area (Å²) in [7, 11) is 0. The maximum atomic E-state index is 11.9. The van der Waals surface area contributed by atoms with Gasteiger partial charge in [0.25, 0.3) is 0 Å². The first-order chi connectivity index (χ1) is 12.5. The summed E-state index contributed by atoms with van der Waals surface area (Å²) in [6.45, 7) is 4.37. The van der Waals surface area contributed by atoms with Crippen LogP contribution in [0.4, 0.5) is 5.69 Å². The molecule has 3 rings (SSSR count). The smallest absolute Gasteiger partial charge is 0.338 e. The van der Waals surface area contributed by atoms with Crippen LogP contribution in [0.15, 0.2) is 54.7 Å². The molecule has 1 aromatic heterocycles. The van der Waals surface area contributed by atoms with Gasteiger partial charge < -0.3 is 10.1 Å². The highest BCUT2D eigenvalue weighted by Gasteiger charge is 2.09. The van der Waals surface area contributed by atoms with Crippen molar-refractivity contribution in [2.75, 3.05) is 5.32 Å². The molecule has 3 aromatic rings. The fraction of sp³-hybridized carbons (Fsp3) is 0.200. The molecule has 0 atom stereocenters. The van der Waals surface area contributed by atoms with E-state index in [9.17, 15) is 4.79 Å². The second-order valence-electron chi connectivity index (χ2n) is 6.04. The molecule has 4 nitrogen and oxygen atoms in total. The Balaban J connectivity index is 1.63. The molecule has 0 aliphatic rings. The second-order valence-corrected chi connectivity index (χ2v) is 7.74. The Kier molecular flexibility index (Phi) is 5.91. The van der Waals surface area contributed by atoms with Crippen molar-refractivity contribution in [3.8, 4) is 11.1 Å². The van der Waals surface area contributed by atoms with Gasteiger partial charge in [-0.2, -0.15) is 0 Å². The van der Waals surface area contributed by atoms with Gasteiger partial charge in [-0.15, -0.1) is 11.3 Å². The van der Waals surface area contributed by atoms with Crippen LogP contribution in [-0.2, 0) is 11.3 Å². The largest absolute Gasteiger partial charge is 0.459 e. The van der Waals surface area contributed by atoms with Gasteiger partial charge in [0, 0.05) is 16.8 Å². The standard InChI is InChI=1S/C20H19ClN2O2S/c1-13(2)25-19(24)16-5-3-14(4-6-16)15-7-9-17(10-8-15)22-11-18-12-23-20(21)26-18/h3-10,12-13,22H,11H2,1-2H3. The first-order valence-corrected chi connectivity index (χ1v) is 9.46. The number of hydrogen-bond acceptors (Lipinski definition) is 5. The summed E-state index contributed by atoms with van der Waals surface area (Å²) >= 11 is 7.30. The lowest BCUT2D eigenvalue weighted by molar-refractivity contribution is 0.0378. The number of carbonyl (C=O) groups excluding carboxylic acids is 1. The molecule has 6 heteroatoms. The number of thiazole rings is 1. The molecule has 0 saturated heterocycles. The van der Waals surface area contributed by atoms with E-state index in [1.54, 1.807) is 18.3 Å². The number of esters is 1. The first-order valence-electron chi connectivity index (χ1n) is 8.27. The highest BCUT2D eigenvalue weighted by Crippen LogP contribution is 2.23. The highest BCUT2D eigenvalue weighted by molar-refractivity contribution is 7.15. The van der Waals surface area contributed by atoms with Crippen molar-refractivity contribution in [3.05, 3.63) is 69.6 Å². The molecule has 1 heterocycles. The summed E-state index contributed by atoms with van der Waals surface area (Å²) in [6.07, 6.45) is 1.66. The minimum Gasteiger partial charge on any atom is -0.459 e. The number of hydrogen-bond donors (Lipinski definition) is 1. The van der Waals surface area contributed by atoms with Crippen LogP contribution in [0.1, 0.15) is 29.1 Å². The van der Waals surface area contributed by atoms with E-state index in [0.717, 1.165) is 21.7 Å². The van der Waals surface area contributed by atoms with Crippen LogP contribution in [0.5, 0.6) is 0 Å². The zero-order chi connectivity index (χ0) is 18.5. The van der Waals surface area contributed by atoms with Crippen molar-refractivity contribution in [1.29, 1.82) is 0 Å². The zero-order valence-corrected chi connectivity index (χ0v) is 16.1. The fourth-order valence-electron chi connectivity index (χ4n) is 2.42. The van der Waals surface area contributed by atoms with Gasteiger partial charge in [0.05, 0.1) is 18.2 Å². The summed E-state index contributed by atoms with van der Waals surface area (Å²) in [5, 5.41) is 3.35. The minimum atomic E-state index is -0.297. The van der Waals surface area contributed by atoms with Crippen molar-refractivity contribution in [1.82, 2.24) is 4.98 Å². The van der Waals surface area contributed by atoms with Gasteiger partial charge in [0.2, 0.25) is 0 Å².